The Balaban J connectivity index is 2.18. The predicted octanol–water partition coefficient (Wildman–Crippen LogP) is 5.87. The number of halogens is 6. The van der Waals surface area contributed by atoms with Gasteiger partial charge in [0.05, 0.1) is 12.2 Å². The van der Waals surface area contributed by atoms with Crippen molar-refractivity contribution < 1.29 is 41.7 Å². The van der Waals surface area contributed by atoms with Gasteiger partial charge in [0, 0.05) is 12.8 Å². The van der Waals surface area contributed by atoms with E-state index in [0.29, 0.717) is 18.4 Å². The van der Waals surface area contributed by atoms with Crippen molar-refractivity contribution in [2.24, 2.45) is 22.7 Å². The first-order valence-corrected chi connectivity index (χ1v) is 11.6. The number of aliphatic hydroxyl groups excluding tert-OH is 2. The van der Waals surface area contributed by atoms with E-state index in [0.717, 1.165) is 17.9 Å². The fourth-order valence-electron chi connectivity index (χ4n) is 5.20. The summed E-state index contributed by atoms with van der Waals surface area (Å²) < 4.78 is 77.3. The number of alkyl halides is 6. The lowest BCUT2D eigenvalue weighted by Crippen LogP contribution is -2.55. The number of hydrogen-bond donors (Lipinski definition) is 3. The zero-order valence-corrected chi connectivity index (χ0v) is 20.4. The Morgan fingerprint density at radius 2 is 1.69 bits per heavy atom. The van der Waals surface area contributed by atoms with Gasteiger partial charge in [-0.15, -0.1) is 0 Å². The van der Waals surface area contributed by atoms with Gasteiger partial charge in [-0.25, -0.2) is 0 Å². The molecule has 2 aliphatic carbocycles. The highest BCUT2D eigenvalue weighted by atomic mass is 19.4. The van der Waals surface area contributed by atoms with E-state index in [1.54, 1.807) is 6.92 Å². The minimum Gasteiger partial charge on any atom is -0.393 e. The minimum absolute atomic E-state index is 0.0775. The summed E-state index contributed by atoms with van der Waals surface area (Å²) in [5.41, 5.74) is -4.51. The second kappa shape index (κ2) is 9.95. The Hall–Kier alpha value is -1.76. The molecule has 0 aromatic rings. The van der Waals surface area contributed by atoms with Crippen molar-refractivity contribution >= 4 is 0 Å². The molecule has 0 saturated heterocycles. The highest BCUT2D eigenvalue weighted by molar-refractivity contribution is 5.37. The van der Waals surface area contributed by atoms with Crippen LogP contribution in [-0.4, -0.2) is 45.5 Å². The van der Waals surface area contributed by atoms with Gasteiger partial charge in [0.15, 0.2) is 0 Å². The number of allylic oxidation sites excluding steroid dienone is 3. The molecule has 2 rings (SSSR count). The molecular weight excluding hydrogens is 474 g/mol. The van der Waals surface area contributed by atoms with Gasteiger partial charge in [0.2, 0.25) is 0 Å². The molecule has 5 atom stereocenters. The molecule has 9 heteroatoms. The average Bonchev–Trinajstić information content (AvgIpc) is 2.93. The monoisotopic (exact) mass is 508 g/mol. The Labute approximate surface area is 202 Å². The first-order valence-electron chi connectivity index (χ1n) is 11.6. The highest BCUT2D eigenvalue weighted by Crippen LogP contribution is 2.60. The largest absolute Gasteiger partial charge is 0.438 e. The van der Waals surface area contributed by atoms with Crippen LogP contribution in [0.5, 0.6) is 0 Å². The van der Waals surface area contributed by atoms with E-state index < -0.39 is 35.6 Å². The minimum atomic E-state index is -5.96. The summed E-state index contributed by atoms with van der Waals surface area (Å²) in [6.07, 6.45) is -5.82. The molecule has 0 heterocycles. The van der Waals surface area contributed by atoms with Crippen molar-refractivity contribution in [1.29, 1.82) is 0 Å². The molecule has 35 heavy (non-hydrogen) atoms. The Bertz CT molecular complexity index is 904. The maximum atomic E-state index is 12.9. The normalized spacial score (nSPS) is 32.1. The van der Waals surface area contributed by atoms with Crippen LogP contribution in [0.1, 0.15) is 59.8 Å². The number of rotatable bonds is 4. The van der Waals surface area contributed by atoms with Gasteiger partial charge >= 0.3 is 18.0 Å². The van der Waals surface area contributed by atoms with Gasteiger partial charge in [-0.3, -0.25) is 0 Å². The lowest BCUT2D eigenvalue weighted by Gasteiger charge is -2.45. The molecule has 0 aliphatic heterocycles. The molecule has 0 radical (unpaired) electrons. The van der Waals surface area contributed by atoms with Gasteiger partial charge in [0.25, 0.3) is 0 Å². The van der Waals surface area contributed by atoms with Crippen LogP contribution in [0.25, 0.3) is 0 Å². The van der Waals surface area contributed by atoms with Gasteiger partial charge in [0.1, 0.15) is 0 Å². The molecule has 0 aromatic heterocycles. The summed E-state index contributed by atoms with van der Waals surface area (Å²) in [5.74, 6) is 2.76. The summed E-state index contributed by atoms with van der Waals surface area (Å²) in [6.45, 7) is 11.6. The van der Waals surface area contributed by atoms with Crippen molar-refractivity contribution in [3.05, 3.63) is 36.0 Å². The third kappa shape index (κ3) is 5.65. The van der Waals surface area contributed by atoms with E-state index in [9.17, 15) is 41.7 Å². The Morgan fingerprint density at radius 1 is 1.11 bits per heavy atom. The molecule has 2 saturated carbocycles. The van der Waals surface area contributed by atoms with Crippen molar-refractivity contribution in [2.45, 2.75) is 90.0 Å². The standard InChI is InChI=1S/C26H34F6O3/c1-16(8-7-12-24(35,25(27,28)29)26(30,31)32)23(5)13-11-19(22(23,3)4)10-6-9-18-14-20(33)15-21(34)17(18)2/h6,9-10,16,19-21,33-35H,2,8,11,13-15H2,1,3-5H3/b10-6+,18-9-/t16-,19-,20-,21+,23-/m1/s1. The number of hydrogen-bond acceptors (Lipinski definition) is 3. The zero-order chi connectivity index (χ0) is 27.0. The first kappa shape index (κ1) is 29.5. The SMILES string of the molecule is C=C1/C(=C\C=C\[C@@H]2CC[C@](C)([C@H](C)CC#CC(O)(C(F)(F)F)C(F)(F)F)C2(C)C)C[C@@H](O)C[C@@H]1O. The Kier molecular flexibility index (Phi) is 8.38. The topological polar surface area (TPSA) is 60.7 Å². The second-order valence-corrected chi connectivity index (χ2v) is 10.6. The van der Waals surface area contributed by atoms with Crippen LogP contribution in [-0.2, 0) is 0 Å². The molecule has 2 aliphatic rings. The molecule has 2 fully saturated rings. The quantitative estimate of drug-likeness (QED) is 0.329. The van der Waals surface area contributed by atoms with Crippen LogP contribution in [0.3, 0.4) is 0 Å². The first-order chi connectivity index (χ1) is 15.8. The predicted molar refractivity (Wildman–Crippen MR) is 121 cm³/mol. The van der Waals surface area contributed by atoms with E-state index in [2.05, 4.69) is 6.58 Å². The third-order valence-corrected chi connectivity index (χ3v) is 8.37. The molecule has 3 nitrogen and oxygen atoms in total. The maximum absolute atomic E-state index is 12.9. The van der Waals surface area contributed by atoms with Crippen LogP contribution < -0.4 is 0 Å². The molecule has 0 spiro atoms. The molecule has 3 N–H and O–H groups in total. The Morgan fingerprint density at radius 3 is 2.23 bits per heavy atom. The molecule has 198 valence electrons. The molecule has 0 unspecified atom stereocenters. The summed E-state index contributed by atoms with van der Waals surface area (Å²) >= 11 is 0. The van der Waals surface area contributed by atoms with Crippen molar-refractivity contribution in [3.8, 4) is 11.8 Å². The van der Waals surface area contributed by atoms with Crippen molar-refractivity contribution in [2.75, 3.05) is 0 Å². The fourth-order valence-corrected chi connectivity index (χ4v) is 5.20. The van der Waals surface area contributed by atoms with Crippen LogP contribution in [0.4, 0.5) is 26.3 Å². The van der Waals surface area contributed by atoms with Crippen LogP contribution >= 0.6 is 0 Å². The van der Waals surface area contributed by atoms with Crippen LogP contribution in [0.15, 0.2) is 36.0 Å². The summed E-state index contributed by atoms with van der Waals surface area (Å²) in [7, 11) is 0. The smallest absolute Gasteiger partial charge is 0.393 e. The maximum Gasteiger partial charge on any atom is 0.438 e. The van der Waals surface area contributed by atoms with Crippen molar-refractivity contribution in [3.63, 3.8) is 0 Å². The summed E-state index contributed by atoms with van der Waals surface area (Å²) in [5, 5.41) is 29.1. The average molecular weight is 509 g/mol. The molecular formula is C26H34F6O3. The van der Waals surface area contributed by atoms with E-state index in [4.69, 9.17) is 0 Å². The van der Waals surface area contributed by atoms with E-state index in [1.165, 1.54) is 0 Å². The van der Waals surface area contributed by atoms with Crippen molar-refractivity contribution in [1.82, 2.24) is 0 Å². The lowest BCUT2D eigenvalue weighted by atomic mass is 9.59. The fraction of sp³-hybridized carbons (Fsp3) is 0.692. The molecule has 0 amide bonds. The third-order valence-electron chi connectivity index (χ3n) is 8.37. The second-order valence-electron chi connectivity index (χ2n) is 10.6. The highest BCUT2D eigenvalue weighted by Gasteiger charge is 2.70. The van der Waals surface area contributed by atoms with Gasteiger partial charge in [-0.1, -0.05) is 58.4 Å². The van der Waals surface area contributed by atoms with Gasteiger partial charge in [-0.2, -0.15) is 26.3 Å². The van der Waals surface area contributed by atoms with Gasteiger partial charge in [-0.05, 0) is 59.0 Å². The molecule has 0 aromatic carbocycles. The van der Waals surface area contributed by atoms with Crippen LogP contribution in [0, 0.1) is 34.5 Å². The lowest BCUT2D eigenvalue weighted by molar-refractivity contribution is -0.343. The summed E-state index contributed by atoms with van der Waals surface area (Å²) in [4.78, 5) is 0. The van der Waals surface area contributed by atoms with E-state index in [-0.39, 0.29) is 30.1 Å². The van der Waals surface area contributed by atoms with E-state index >= 15 is 0 Å². The molecule has 0 bridgehead atoms. The van der Waals surface area contributed by atoms with Gasteiger partial charge < -0.3 is 15.3 Å². The van der Waals surface area contributed by atoms with E-state index in [1.807, 2.05) is 44.9 Å². The summed E-state index contributed by atoms with van der Waals surface area (Å²) in [6, 6.07) is 0. The number of aliphatic hydroxyl groups is 3. The van der Waals surface area contributed by atoms with Crippen LogP contribution in [0.2, 0.25) is 0 Å². The zero-order valence-electron chi connectivity index (χ0n) is 20.4.